The van der Waals surface area contributed by atoms with Gasteiger partial charge in [0, 0.05) is 41.1 Å². The molecule has 0 saturated carbocycles. The average Bonchev–Trinajstić information content (AvgIpc) is 3.52. The van der Waals surface area contributed by atoms with E-state index in [0.717, 1.165) is 43.0 Å². The highest BCUT2D eigenvalue weighted by molar-refractivity contribution is 6.36. The molecule has 0 spiro atoms. The van der Waals surface area contributed by atoms with E-state index < -0.39 is 0 Å². The zero-order valence-electron chi connectivity index (χ0n) is 19.8. The molecule has 1 saturated heterocycles. The largest absolute Gasteiger partial charge is 0.352 e. The number of nitrogens with zero attached hydrogens (tertiary/aromatic N) is 5. The highest BCUT2D eigenvalue weighted by atomic mass is 35.5. The first-order valence-corrected chi connectivity index (χ1v) is 12.6. The number of hydrogen-bond acceptors (Lipinski definition) is 6. The number of amides is 1. The lowest BCUT2D eigenvalue weighted by Gasteiger charge is -2.30. The third kappa shape index (κ3) is 5.61. The van der Waals surface area contributed by atoms with Crippen LogP contribution in [0.2, 0.25) is 10.0 Å². The molecule has 10 heteroatoms. The lowest BCUT2D eigenvalue weighted by Crippen LogP contribution is -2.40. The van der Waals surface area contributed by atoms with Crippen LogP contribution < -0.4 is 5.32 Å². The Hall–Kier alpha value is -3.20. The first-order valence-electron chi connectivity index (χ1n) is 11.8. The van der Waals surface area contributed by atoms with Crippen molar-refractivity contribution in [2.45, 2.75) is 32.9 Å². The van der Waals surface area contributed by atoms with Crippen molar-refractivity contribution in [3.05, 3.63) is 82.2 Å². The monoisotopic (exact) mass is 524 g/mol. The van der Waals surface area contributed by atoms with Gasteiger partial charge in [-0.25, -0.2) is 4.98 Å². The molecule has 4 aromatic rings. The number of carbonyl (C=O) groups excluding carboxylic acids is 1. The van der Waals surface area contributed by atoms with Crippen molar-refractivity contribution in [2.75, 3.05) is 13.1 Å². The van der Waals surface area contributed by atoms with Crippen molar-refractivity contribution < 1.29 is 9.32 Å². The number of halogens is 2. The second-order valence-electron chi connectivity index (χ2n) is 8.92. The summed E-state index contributed by atoms with van der Waals surface area (Å²) in [7, 11) is 0. The molecule has 0 aliphatic carbocycles. The summed E-state index contributed by atoms with van der Waals surface area (Å²) in [5.41, 5.74) is 2.80. The minimum absolute atomic E-state index is 0.000224. The molecule has 0 bridgehead atoms. The standard InChI is InChI=1S/C26H26Cl2N6O2/c1-17-29-10-13-34(17)21-5-2-18(3-6-21)15-30-26(35)19-8-11-33(12-9-19)16-24-31-25(32-36-24)22-7-4-20(27)14-23(22)28/h2-7,10,13-14,19H,8-9,11-12,15-16H2,1H3,(H,30,35). The summed E-state index contributed by atoms with van der Waals surface area (Å²) in [6.07, 6.45) is 5.29. The minimum atomic E-state index is 0.000224. The Morgan fingerprint density at radius 3 is 2.61 bits per heavy atom. The molecular formula is C26H26Cl2N6O2. The lowest BCUT2D eigenvalue weighted by atomic mass is 9.96. The third-order valence-corrected chi connectivity index (χ3v) is 7.01. The molecule has 1 amide bonds. The summed E-state index contributed by atoms with van der Waals surface area (Å²) in [4.78, 5) is 23.7. The van der Waals surface area contributed by atoms with Gasteiger partial charge >= 0.3 is 0 Å². The fourth-order valence-corrected chi connectivity index (χ4v) is 4.90. The van der Waals surface area contributed by atoms with Gasteiger partial charge in [0.25, 0.3) is 0 Å². The first-order chi connectivity index (χ1) is 17.5. The molecule has 0 unspecified atom stereocenters. The second kappa shape index (κ2) is 10.8. The smallest absolute Gasteiger partial charge is 0.241 e. The maximum atomic E-state index is 12.7. The van der Waals surface area contributed by atoms with Crippen LogP contribution in [0, 0.1) is 12.8 Å². The molecular weight excluding hydrogens is 499 g/mol. The summed E-state index contributed by atoms with van der Waals surface area (Å²) in [6, 6.07) is 13.3. The average molecular weight is 525 g/mol. The molecule has 1 N–H and O–H groups in total. The molecule has 1 aliphatic rings. The van der Waals surface area contributed by atoms with Gasteiger partial charge in [-0.2, -0.15) is 4.98 Å². The molecule has 186 valence electrons. The van der Waals surface area contributed by atoms with E-state index in [0.29, 0.717) is 40.4 Å². The summed E-state index contributed by atoms with van der Waals surface area (Å²) < 4.78 is 7.45. The van der Waals surface area contributed by atoms with Crippen LogP contribution in [-0.4, -0.2) is 43.6 Å². The number of rotatable bonds is 7. The van der Waals surface area contributed by atoms with Crippen LogP contribution in [0.15, 0.2) is 59.4 Å². The Labute approximate surface area is 219 Å². The van der Waals surface area contributed by atoms with Crippen molar-refractivity contribution in [1.82, 2.24) is 29.9 Å². The van der Waals surface area contributed by atoms with Gasteiger partial charge in [0.1, 0.15) is 5.82 Å². The second-order valence-corrected chi connectivity index (χ2v) is 9.76. The van der Waals surface area contributed by atoms with E-state index in [2.05, 4.69) is 25.3 Å². The van der Waals surface area contributed by atoms with Gasteiger partial charge in [0.2, 0.25) is 17.6 Å². The minimum Gasteiger partial charge on any atom is -0.352 e. The van der Waals surface area contributed by atoms with Gasteiger partial charge in [-0.15, -0.1) is 0 Å². The van der Waals surface area contributed by atoms with Crippen molar-refractivity contribution >= 4 is 29.1 Å². The Bertz CT molecular complexity index is 1340. The summed E-state index contributed by atoms with van der Waals surface area (Å²) in [5.74, 6) is 2.00. The normalized spacial score (nSPS) is 14.8. The van der Waals surface area contributed by atoms with Crippen molar-refractivity contribution in [1.29, 1.82) is 0 Å². The van der Waals surface area contributed by atoms with Crippen LogP contribution in [0.25, 0.3) is 17.1 Å². The van der Waals surface area contributed by atoms with Gasteiger partial charge < -0.3 is 14.4 Å². The van der Waals surface area contributed by atoms with Gasteiger partial charge in [0.05, 0.1) is 11.6 Å². The maximum absolute atomic E-state index is 12.7. The SMILES string of the molecule is Cc1nccn1-c1ccc(CNC(=O)C2CCN(Cc3nc(-c4ccc(Cl)cc4Cl)no3)CC2)cc1. The Balaban J connectivity index is 1.09. The summed E-state index contributed by atoms with van der Waals surface area (Å²) in [5, 5.41) is 8.18. The molecule has 2 aromatic carbocycles. The van der Waals surface area contributed by atoms with Crippen LogP contribution in [0.1, 0.15) is 30.1 Å². The molecule has 8 nitrogen and oxygen atoms in total. The van der Waals surface area contributed by atoms with Gasteiger partial charge in [-0.05, 0) is 68.8 Å². The van der Waals surface area contributed by atoms with Crippen LogP contribution >= 0.6 is 23.2 Å². The predicted octanol–water partition coefficient (Wildman–Crippen LogP) is 5.07. The van der Waals surface area contributed by atoms with Crippen LogP contribution in [0.5, 0.6) is 0 Å². The van der Waals surface area contributed by atoms with Crippen molar-refractivity contribution in [3.8, 4) is 17.1 Å². The first kappa shape index (κ1) is 24.5. The van der Waals surface area contributed by atoms with Crippen LogP contribution in [0.3, 0.4) is 0 Å². The van der Waals surface area contributed by atoms with Gasteiger partial charge in [-0.3, -0.25) is 9.69 Å². The van der Waals surface area contributed by atoms with E-state index in [-0.39, 0.29) is 11.8 Å². The molecule has 0 radical (unpaired) electrons. The Kier molecular flexibility index (Phi) is 7.36. The number of aromatic nitrogens is 4. The number of carbonyl (C=O) groups is 1. The molecule has 1 fully saturated rings. The zero-order valence-corrected chi connectivity index (χ0v) is 21.3. The Morgan fingerprint density at radius 1 is 1.14 bits per heavy atom. The number of piperidine rings is 1. The van der Waals surface area contributed by atoms with Crippen LogP contribution in [0.4, 0.5) is 0 Å². The van der Waals surface area contributed by atoms with E-state index >= 15 is 0 Å². The predicted molar refractivity (Wildman–Crippen MR) is 138 cm³/mol. The molecule has 2 aromatic heterocycles. The summed E-state index contributed by atoms with van der Waals surface area (Å²) >= 11 is 12.2. The molecule has 5 rings (SSSR count). The van der Waals surface area contributed by atoms with Crippen molar-refractivity contribution in [2.24, 2.45) is 5.92 Å². The number of imidazole rings is 1. The molecule has 3 heterocycles. The highest BCUT2D eigenvalue weighted by Gasteiger charge is 2.26. The fourth-order valence-electron chi connectivity index (χ4n) is 4.40. The lowest BCUT2D eigenvalue weighted by molar-refractivity contribution is -0.126. The third-order valence-electron chi connectivity index (χ3n) is 6.46. The highest BCUT2D eigenvalue weighted by Crippen LogP contribution is 2.29. The summed E-state index contributed by atoms with van der Waals surface area (Å²) in [6.45, 7) is 4.60. The van der Waals surface area contributed by atoms with E-state index in [1.165, 1.54) is 0 Å². The fraction of sp³-hybridized carbons (Fsp3) is 0.308. The zero-order chi connectivity index (χ0) is 25.1. The maximum Gasteiger partial charge on any atom is 0.241 e. The number of nitrogens with one attached hydrogen (secondary N) is 1. The van der Waals surface area contributed by atoms with Crippen LogP contribution in [-0.2, 0) is 17.9 Å². The van der Waals surface area contributed by atoms with Crippen molar-refractivity contribution in [3.63, 3.8) is 0 Å². The van der Waals surface area contributed by atoms with E-state index in [4.69, 9.17) is 27.7 Å². The number of aryl methyl sites for hydroxylation is 1. The number of benzene rings is 2. The quantitative estimate of drug-likeness (QED) is 0.363. The van der Waals surface area contributed by atoms with Gasteiger partial charge in [0.15, 0.2) is 0 Å². The Morgan fingerprint density at radius 2 is 1.92 bits per heavy atom. The number of likely N-dealkylation sites (tertiary alicyclic amines) is 1. The van der Waals surface area contributed by atoms with E-state index in [9.17, 15) is 4.79 Å². The topological polar surface area (TPSA) is 89.1 Å². The number of hydrogen-bond donors (Lipinski definition) is 1. The van der Waals surface area contributed by atoms with Gasteiger partial charge in [-0.1, -0.05) is 40.5 Å². The molecule has 36 heavy (non-hydrogen) atoms. The molecule has 1 aliphatic heterocycles. The molecule has 0 atom stereocenters. The van der Waals surface area contributed by atoms with E-state index in [1.54, 1.807) is 24.4 Å². The van der Waals surface area contributed by atoms with E-state index in [1.807, 2.05) is 42.0 Å².